The average molecular weight is 253 g/mol. The van der Waals surface area contributed by atoms with E-state index in [0.29, 0.717) is 17.7 Å². The van der Waals surface area contributed by atoms with Gasteiger partial charge in [-0.15, -0.1) is 0 Å². The van der Waals surface area contributed by atoms with Crippen LogP contribution >= 0.6 is 0 Å². The summed E-state index contributed by atoms with van der Waals surface area (Å²) in [6.07, 6.45) is 0.265. The Balaban J connectivity index is 2.28. The van der Waals surface area contributed by atoms with E-state index in [2.05, 4.69) is 11.9 Å². The molecule has 4 atom stereocenters. The van der Waals surface area contributed by atoms with Crippen molar-refractivity contribution in [3.63, 3.8) is 0 Å². The fourth-order valence-electron chi connectivity index (χ4n) is 2.60. The number of hydrogen-bond donors (Lipinski definition) is 5. The summed E-state index contributed by atoms with van der Waals surface area (Å²) in [4.78, 5) is 0. The van der Waals surface area contributed by atoms with Crippen molar-refractivity contribution in [1.29, 1.82) is 0 Å². The fraction of sp³-hybridized carbons (Fsp3) is 0.538. The first kappa shape index (κ1) is 13.1. The molecule has 0 bridgehead atoms. The Labute approximate surface area is 106 Å². The van der Waals surface area contributed by atoms with Gasteiger partial charge >= 0.3 is 0 Å². The minimum Gasteiger partial charge on any atom is -0.494 e. The van der Waals surface area contributed by atoms with Gasteiger partial charge in [0.25, 0.3) is 0 Å². The molecule has 1 saturated carbocycles. The van der Waals surface area contributed by atoms with Gasteiger partial charge in [0.05, 0.1) is 12.2 Å². The van der Waals surface area contributed by atoms with Crippen molar-refractivity contribution in [3.05, 3.63) is 35.4 Å². The van der Waals surface area contributed by atoms with Crippen molar-refractivity contribution < 1.29 is 20.4 Å². The molecule has 0 saturated heterocycles. The second-order valence-electron chi connectivity index (χ2n) is 5.00. The average Bonchev–Trinajstić information content (AvgIpc) is 2.61. The van der Waals surface area contributed by atoms with Crippen molar-refractivity contribution in [2.75, 3.05) is 6.61 Å². The van der Waals surface area contributed by atoms with Crippen LogP contribution in [0.5, 0.6) is 0 Å². The maximum atomic E-state index is 10.00. The summed E-state index contributed by atoms with van der Waals surface area (Å²) >= 11 is 0. The smallest absolute Gasteiger partial charge is 0.192 e. The van der Waals surface area contributed by atoms with E-state index in [1.54, 1.807) is 6.08 Å². The summed E-state index contributed by atoms with van der Waals surface area (Å²) in [5, 5.41) is 41.6. The predicted octanol–water partition coefficient (Wildman–Crippen LogP) is 0.169. The molecule has 0 amide bonds. The summed E-state index contributed by atoms with van der Waals surface area (Å²) in [5.74, 6) is -0.780. The first-order chi connectivity index (χ1) is 8.45. The Morgan fingerprint density at radius 3 is 2.61 bits per heavy atom. The lowest BCUT2D eigenvalue weighted by Gasteiger charge is -2.24. The summed E-state index contributed by atoms with van der Waals surface area (Å²) in [5.41, 5.74) is 2.04. The lowest BCUT2D eigenvalue weighted by Crippen LogP contribution is -2.31. The zero-order valence-electron chi connectivity index (χ0n) is 10.3. The van der Waals surface area contributed by atoms with Crippen LogP contribution in [0.15, 0.2) is 35.4 Å². The zero-order valence-corrected chi connectivity index (χ0v) is 10.3. The monoisotopic (exact) mass is 253 g/mol. The summed E-state index contributed by atoms with van der Waals surface area (Å²) in [6.45, 7) is 5.42. The Bertz CT molecular complexity index is 427. The highest BCUT2D eigenvalue weighted by atomic mass is 16.3. The van der Waals surface area contributed by atoms with Crippen LogP contribution in [0.25, 0.3) is 0 Å². The summed E-state index contributed by atoms with van der Waals surface area (Å²) < 4.78 is 0. The highest BCUT2D eigenvalue weighted by Gasteiger charge is 2.43. The molecular weight excluding hydrogens is 234 g/mol. The van der Waals surface area contributed by atoms with E-state index in [4.69, 9.17) is 5.11 Å². The molecular formula is C13H19NO4. The second kappa shape index (κ2) is 4.76. The third kappa shape index (κ3) is 2.05. The van der Waals surface area contributed by atoms with Crippen LogP contribution in [0.2, 0.25) is 0 Å². The molecule has 0 radical (unpaired) electrons. The Hall–Kier alpha value is -1.30. The van der Waals surface area contributed by atoms with Gasteiger partial charge in [-0.1, -0.05) is 6.58 Å². The lowest BCUT2D eigenvalue weighted by molar-refractivity contribution is -0.00191. The van der Waals surface area contributed by atoms with Crippen molar-refractivity contribution in [2.45, 2.75) is 25.6 Å². The van der Waals surface area contributed by atoms with Crippen molar-refractivity contribution in [2.24, 2.45) is 11.8 Å². The van der Waals surface area contributed by atoms with Gasteiger partial charge in [-0.3, -0.25) is 0 Å². The molecule has 100 valence electrons. The number of aliphatic hydroxyl groups is 4. The second-order valence-corrected chi connectivity index (χ2v) is 5.00. The van der Waals surface area contributed by atoms with E-state index in [-0.39, 0.29) is 24.3 Å². The minimum atomic E-state index is -0.975. The maximum Gasteiger partial charge on any atom is 0.192 e. The third-order valence-electron chi connectivity index (χ3n) is 3.83. The normalized spacial score (nSPS) is 36.7. The van der Waals surface area contributed by atoms with Crippen LogP contribution in [-0.2, 0) is 0 Å². The number of rotatable bonds is 2. The standard InChI is InChI=1S/C13H19NO4/c1-6-3-10(13(18)14-7(6)2)9-4-8(5-15)11(16)12(9)17/h3,8-9,11-12,14-18H,2,4-5H2,1H3/t8-,9+,11-,12+/m1/s1. The summed E-state index contributed by atoms with van der Waals surface area (Å²) in [6, 6.07) is 0. The fourth-order valence-corrected chi connectivity index (χ4v) is 2.60. The topological polar surface area (TPSA) is 93.0 Å². The van der Waals surface area contributed by atoms with Gasteiger partial charge in [0, 0.05) is 29.7 Å². The lowest BCUT2D eigenvalue weighted by atomic mass is 9.91. The van der Waals surface area contributed by atoms with Crippen LogP contribution in [-0.4, -0.2) is 39.2 Å². The quantitative estimate of drug-likeness (QED) is 0.484. The van der Waals surface area contributed by atoms with Gasteiger partial charge in [0.15, 0.2) is 5.88 Å². The van der Waals surface area contributed by atoms with Gasteiger partial charge in [0.2, 0.25) is 0 Å². The van der Waals surface area contributed by atoms with Crippen molar-refractivity contribution in [1.82, 2.24) is 5.32 Å². The molecule has 0 spiro atoms. The molecule has 2 aliphatic rings. The largest absolute Gasteiger partial charge is 0.494 e. The van der Waals surface area contributed by atoms with Gasteiger partial charge < -0.3 is 25.7 Å². The van der Waals surface area contributed by atoms with Crippen LogP contribution in [0.1, 0.15) is 13.3 Å². The molecule has 2 rings (SSSR count). The van der Waals surface area contributed by atoms with Crippen molar-refractivity contribution >= 4 is 0 Å². The van der Waals surface area contributed by atoms with Crippen LogP contribution in [0.3, 0.4) is 0 Å². The van der Waals surface area contributed by atoms with E-state index in [0.717, 1.165) is 5.57 Å². The number of nitrogens with one attached hydrogen (secondary N) is 1. The third-order valence-corrected chi connectivity index (χ3v) is 3.83. The SMILES string of the molecule is C=C1NC(O)=C([C@@H]2C[C@H](CO)[C@@H](O)[C@H]2O)C=C1C. The molecule has 1 aliphatic heterocycles. The molecule has 5 heteroatoms. The first-order valence-corrected chi connectivity index (χ1v) is 6.00. The molecule has 0 unspecified atom stereocenters. The molecule has 0 aromatic carbocycles. The molecule has 1 aliphatic carbocycles. The zero-order chi connectivity index (χ0) is 13.4. The molecule has 5 nitrogen and oxygen atoms in total. The van der Waals surface area contributed by atoms with E-state index in [9.17, 15) is 15.3 Å². The molecule has 1 fully saturated rings. The highest BCUT2D eigenvalue weighted by Crippen LogP contribution is 2.39. The van der Waals surface area contributed by atoms with Gasteiger partial charge in [-0.05, 0) is 25.0 Å². The van der Waals surface area contributed by atoms with E-state index < -0.39 is 12.2 Å². The predicted molar refractivity (Wildman–Crippen MR) is 66.4 cm³/mol. The van der Waals surface area contributed by atoms with Gasteiger partial charge in [-0.2, -0.15) is 0 Å². The summed E-state index contributed by atoms with van der Waals surface area (Å²) in [7, 11) is 0. The number of aliphatic hydroxyl groups excluding tert-OH is 4. The molecule has 18 heavy (non-hydrogen) atoms. The molecule has 1 heterocycles. The van der Waals surface area contributed by atoms with Crippen molar-refractivity contribution in [3.8, 4) is 0 Å². The van der Waals surface area contributed by atoms with E-state index in [1.807, 2.05) is 6.92 Å². The Kier molecular flexibility index (Phi) is 3.47. The number of allylic oxidation sites excluding steroid dienone is 2. The molecule has 5 N–H and O–H groups in total. The minimum absolute atomic E-state index is 0.0413. The highest BCUT2D eigenvalue weighted by molar-refractivity contribution is 5.42. The van der Waals surface area contributed by atoms with E-state index in [1.165, 1.54) is 0 Å². The Morgan fingerprint density at radius 2 is 2.06 bits per heavy atom. The Morgan fingerprint density at radius 1 is 1.39 bits per heavy atom. The van der Waals surface area contributed by atoms with Gasteiger partial charge in [0.1, 0.15) is 0 Å². The number of hydrogen-bond acceptors (Lipinski definition) is 5. The van der Waals surface area contributed by atoms with Crippen LogP contribution in [0.4, 0.5) is 0 Å². The molecule has 0 aromatic heterocycles. The first-order valence-electron chi connectivity index (χ1n) is 6.00. The molecule has 0 aromatic rings. The van der Waals surface area contributed by atoms with Gasteiger partial charge in [-0.25, -0.2) is 0 Å². The van der Waals surface area contributed by atoms with E-state index >= 15 is 0 Å². The van der Waals surface area contributed by atoms with Crippen LogP contribution in [0, 0.1) is 11.8 Å². The number of dihydropyridines is 1. The van der Waals surface area contributed by atoms with Crippen LogP contribution < -0.4 is 5.32 Å². The maximum absolute atomic E-state index is 10.00.